The number of nitrogens with zero attached hydrogens (tertiary/aromatic N) is 2. The number of pyridine rings is 1. The highest BCUT2D eigenvalue weighted by Crippen LogP contribution is 2.29. The summed E-state index contributed by atoms with van der Waals surface area (Å²) in [5.41, 5.74) is 6.68. The van der Waals surface area contributed by atoms with E-state index in [9.17, 15) is 14.0 Å². The van der Waals surface area contributed by atoms with Crippen molar-refractivity contribution in [1.82, 2.24) is 15.2 Å². The largest absolute Gasteiger partial charge is 0.383 e. The molecule has 1 saturated heterocycles. The number of carbonyl (C=O) groups is 2. The Morgan fingerprint density at radius 2 is 1.90 bits per heavy atom. The number of halogens is 1. The van der Waals surface area contributed by atoms with E-state index in [1.54, 1.807) is 44.2 Å². The highest BCUT2D eigenvalue weighted by molar-refractivity contribution is 5.98. The zero-order chi connectivity index (χ0) is 22.6. The molecule has 0 spiro atoms. The van der Waals surface area contributed by atoms with Gasteiger partial charge in [-0.3, -0.25) is 9.59 Å². The standard InChI is InChI=1S/C23H29FN4O3/c1-23(2,31-3)22(30)28-12-10-15(11-13-28)19-9-8-17(20(25)27-19)21(29)26-14-16-6-4-5-7-18(16)24/h4-9,15H,10-14H2,1-3H3,(H2,25,27)(H,26,29). The minimum Gasteiger partial charge on any atom is -0.383 e. The van der Waals surface area contributed by atoms with E-state index in [4.69, 9.17) is 10.5 Å². The molecule has 8 heteroatoms. The number of hydrogen-bond donors (Lipinski definition) is 2. The molecule has 31 heavy (non-hydrogen) atoms. The van der Waals surface area contributed by atoms with Gasteiger partial charge in [-0.05, 0) is 44.9 Å². The third kappa shape index (κ3) is 5.19. The molecule has 0 unspecified atom stereocenters. The molecule has 2 amide bonds. The molecule has 7 nitrogen and oxygen atoms in total. The van der Waals surface area contributed by atoms with Gasteiger partial charge in [0.15, 0.2) is 0 Å². The number of ether oxygens (including phenoxy) is 1. The first-order chi connectivity index (χ1) is 14.7. The van der Waals surface area contributed by atoms with Crippen LogP contribution in [0.2, 0.25) is 0 Å². The number of anilines is 1. The summed E-state index contributed by atoms with van der Waals surface area (Å²) in [6.07, 6.45) is 1.52. The Balaban J connectivity index is 1.60. The van der Waals surface area contributed by atoms with E-state index in [0.717, 1.165) is 18.5 Å². The number of methoxy groups -OCH3 is 1. The van der Waals surface area contributed by atoms with Gasteiger partial charge in [-0.15, -0.1) is 0 Å². The zero-order valence-corrected chi connectivity index (χ0v) is 18.2. The number of piperidine rings is 1. The van der Waals surface area contributed by atoms with Crippen molar-refractivity contribution in [3.05, 3.63) is 59.0 Å². The van der Waals surface area contributed by atoms with E-state index in [-0.39, 0.29) is 35.6 Å². The van der Waals surface area contributed by atoms with Crippen LogP contribution in [0.15, 0.2) is 36.4 Å². The Morgan fingerprint density at radius 3 is 2.52 bits per heavy atom. The highest BCUT2D eigenvalue weighted by Gasteiger charge is 2.34. The van der Waals surface area contributed by atoms with Crippen LogP contribution in [0.25, 0.3) is 0 Å². The van der Waals surface area contributed by atoms with Crippen LogP contribution in [0, 0.1) is 5.82 Å². The Labute approximate surface area is 181 Å². The molecular formula is C23H29FN4O3. The number of nitrogens with two attached hydrogens (primary N) is 1. The molecular weight excluding hydrogens is 399 g/mol. The van der Waals surface area contributed by atoms with Gasteiger partial charge >= 0.3 is 0 Å². The molecule has 2 aromatic rings. The normalized spacial score (nSPS) is 15.0. The number of nitrogens with one attached hydrogen (secondary N) is 1. The molecule has 0 radical (unpaired) electrons. The van der Waals surface area contributed by atoms with Crippen LogP contribution in [0.5, 0.6) is 0 Å². The number of carbonyl (C=O) groups excluding carboxylic acids is 2. The number of aromatic nitrogens is 1. The van der Waals surface area contributed by atoms with E-state index in [2.05, 4.69) is 10.3 Å². The summed E-state index contributed by atoms with van der Waals surface area (Å²) in [5, 5.41) is 2.68. The first-order valence-electron chi connectivity index (χ1n) is 10.4. The summed E-state index contributed by atoms with van der Waals surface area (Å²) in [5.74, 6) is -0.497. The maximum absolute atomic E-state index is 13.7. The summed E-state index contributed by atoms with van der Waals surface area (Å²) < 4.78 is 19.0. The second-order valence-electron chi connectivity index (χ2n) is 8.22. The van der Waals surface area contributed by atoms with Crippen LogP contribution in [0.3, 0.4) is 0 Å². The maximum atomic E-state index is 13.7. The van der Waals surface area contributed by atoms with Gasteiger partial charge in [-0.2, -0.15) is 0 Å². The lowest BCUT2D eigenvalue weighted by Gasteiger charge is -2.36. The van der Waals surface area contributed by atoms with E-state index in [1.807, 2.05) is 4.90 Å². The lowest BCUT2D eigenvalue weighted by atomic mass is 9.91. The van der Waals surface area contributed by atoms with Crippen molar-refractivity contribution >= 4 is 17.6 Å². The van der Waals surface area contributed by atoms with Gasteiger partial charge in [-0.25, -0.2) is 9.37 Å². The van der Waals surface area contributed by atoms with Crippen molar-refractivity contribution in [3.8, 4) is 0 Å². The van der Waals surface area contributed by atoms with E-state index in [0.29, 0.717) is 18.7 Å². The molecule has 1 aliphatic rings. The van der Waals surface area contributed by atoms with E-state index in [1.165, 1.54) is 13.2 Å². The van der Waals surface area contributed by atoms with E-state index >= 15 is 0 Å². The molecule has 3 rings (SSSR count). The predicted octanol–water partition coefficient (Wildman–Crippen LogP) is 2.86. The van der Waals surface area contributed by atoms with Crippen LogP contribution >= 0.6 is 0 Å². The number of nitrogen functional groups attached to an aromatic ring is 1. The smallest absolute Gasteiger partial charge is 0.255 e. The molecule has 2 heterocycles. The first kappa shape index (κ1) is 22.7. The fraction of sp³-hybridized carbons (Fsp3) is 0.435. The second-order valence-corrected chi connectivity index (χ2v) is 8.22. The monoisotopic (exact) mass is 428 g/mol. The fourth-order valence-electron chi connectivity index (χ4n) is 3.67. The van der Waals surface area contributed by atoms with Gasteiger partial charge in [0.05, 0.1) is 5.56 Å². The minimum absolute atomic E-state index is 0.0252. The van der Waals surface area contributed by atoms with E-state index < -0.39 is 11.5 Å². The first-order valence-corrected chi connectivity index (χ1v) is 10.4. The van der Waals surface area contributed by atoms with Crippen LogP contribution in [-0.4, -0.2) is 47.5 Å². The summed E-state index contributed by atoms with van der Waals surface area (Å²) in [6, 6.07) is 9.73. The lowest BCUT2D eigenvalue weighted by Crippen LogP contribution is -2.49. The molecule has 0 bridgehead atoms. The van der Waals surface area contributed by atoms with Crippen molar-refractivity contribution < 1.29 is 18.7 Å². The number of hydrogen-bond acceptors (Lipinski definition) is 5. The Bertz CT molecular complexity index is 956. The fourth-order valence-corrected chi connectivity index (χ4v) is 3.67. The molecule has 1 fully saturated rings. The van der Waals surface area contributed by atoms with Crippen LogP contribution in [0.1, 0.15) is 54.2 Å². The number of amides is 2. The summed E-state index contributed by atoms with van der Waals surface area (Å²) >= 11 is 0. The van der Waals surface area contributed by atoms with Gasteiger partial charge in [0.1, 0.15) is 17.2 Å². The van der Waals surface area contributed by atoms with Crippen molar-refractivity contribution in [2.75, 3.05) is 25.9 Å². The summed E-state index contributed by atoms with van der Waals surface area (Å²) in [6.45, 7) is 4.82. The van der Waals surface area contributed by atoms with Gasteiger partial charge in [0, 0.05) is 43.9 Å². The quantitative estimate of drug-likeness (QED) is 0.737. The summed E-state index contributed by atoms with van der Waals surface area (Å²) in [7, 11) is 1.53. The van der Waals surface area contributed by atoms with Crippen molar-refractivity contribution in [2.45, 2.75) is 44.8 Å². The second kappa shape index (κ2) is 9.43. The Morgan fingerprint density at radius 1 is 1.23 bits per heavy atom. The minimum atomic E-state index is -0.840. The molecule has 3 N–H and O–H groups in total. The average molecular weight is 429 g/mol. The van der Waals surface area contributed by atoms with Crippen LogP contribution in [-0.2, 0) is 16.1 Å². The Hall–Kier alpha value is -3.00. The lowest BCUT2D eigenvalue weighted by molar-refractivity contribution is -0.152. The molecule has 1 aromatic heterocycles. The number of benzene rings is 1. The topological polar surface area (TPSA) is 97.5 Å². The molecule has 166 valence electrons. The predicted molar refractivity (Wildman–Crippen MR) is 116 cm³/mol. The van der Waals surface area contributed by atoms with Gasteiger partial charge in [0.25, 0.3) is 11.8 Å². The Kier molecular flexibility index (Phi) is 6.90. The van der Waals surface area contributed by atoms with Crippen molar-refractivity contribution in [1.29, 1.82) is 0 Å². The van der Waals surface area contributed by atoms with Gasteiger partial charge < -0.3 is 20.7 Å². The van der Waals surface area contributed by atoms with Crippen molar-refractivity contribution in [2.24, 2.45) is 0 Å². The SMILES string of the molecule is COC(C)(C)C(=O)N1CCC(c2ccc(C(=O)NCc3ccccc3F)c(N)n2)CC1. The van der Waals surface area contributed by atoms with Crippen LogP contribution in [0.4, 0.5) is 10.2 Å². The molecule has 1 aliphatic heterocycles. The average Bonchev–Trinajstić information content (AvgIpc) is 2.77. The maximum Gasteiger partial charge on any atom is 0.255 e. The van der Waals surface area contributed by atoms with Crippen LogP contribution < -0.4 is 11.1 Å². The molecule has 0 aliphatic carbocycles. The van der Waals surface area contributed by atoms with Gasteiger partial charge in [-0.1, -0.05) is 18.2 Å². The number of likely N-dealkylation sites (tertiary alicyclic amines) is 1. The highest BCUT2D eigenvalue weighted by atomic mass is 19.1. The van der Waals surface area contributed by atoms with Crippen molar-refractivity contribution in [3.63, 3.8) is 0 Å². The summed E-state index contributed by atoms with van der Waals surface area (Å²) in [4.78, 5) is 31.3. The number of rotatable bonds is 6. The molecule has 1 aromatic carbocycles. The molecule has 0 atom stereocenters. The van der Waals surface area contributed by atoms with Gasteiger partial charge in [0.2, 0.25) is 0 Å². The molecule has 0 saturated carbocycles. The third-order valence-corrected chi connectivity index (χ3v) is 5.81. The zero-order valence-electron chi connectivity index (χ0n) is 18.2. The third-order valence-electron chi connectivity index (χ3n) is 5.81.